The van der Waals surface area contributed by atoms with Gasteiger partial charge in [0.05, 0.1) is 5.34 Å². The van der Waals surface area contributed by atoms with Gasteiger partial charge in [0, 0.05) is 37.8 Å². The van der Waals surface area contributed by atoms with Crippen LogP contribution in [-0.4, -0.2) is 184 Å². The van der Waals surface area contributed by atoms with Gasteiger partial charge in [-0.3, -0.25) is 9.11 Å². The normalized spacial score (nSPS) is 9.70. The number of nitrogens with one attached hydrogen (secondary N) is 3. The van der Waals surface area contributed by atoms with Crippen LogP contribution < -0.4 is 58.8 Å². The average molecular weight is 1830 g/mol. The maximum Gasteiger partial charge on any atom is 0.407 e. The van der Waals surface area contributed by atoms with E-state index in [0.717, 1.165) is 11.1 Å². The number of carboxylic acids is 3. The number of aromatic hydroxyl groups is 5. The highest BCUT2D eigenvalue weighted by Gasteiger charge is 2.21. The van der Waals surface area contributed by atoms with Crippen LogP contribution in [-0.2, 0) is 24.6 Å². The third-order valence-electron chi connectivity index (χ3n) is 11.7. The molecule has 0 atom stereocenters. The largest absolute Gasteiger partial charge is 0.508 e. The third kappa shape index (κ3) is 63.8. The zero-order valence-electron chi connectivity index (χ0n) is 69.5. The van der Waals surface area contributed by atoms with E-state index < -0.39 is 45.8 Å². The first-order chi connectivity index (χ1) is 56.0. The van der Waals surface area contributed by atoms with Crippen LogP contribution in [0.4, 0.5) is 14.4 Å². The van der Waals surface area contributed by atoms with Gasteiger partial charge in [-0.15, -0.1) is 23.2 Å². The summed E-state index contributed by atoms with van der Waals surface area (Å²) in [6.45, 7) is 22.2. The fourth-order valence-corrected chi connectivity index (χ4v) is 7.38. The standard InChI is InChI=1S/C18H19NO3S.C14H11NO3S.C7H7NOS.3C7H6O3.3C6H13NO2.CH2Cl2.2CH5N.CH4.H2O4S/c1-18(2,3)22-15-7-5-4-6-14(15)17(20)21-13-10-8-12(9-11-13)16(19)23;15-13(19)9-5-7-10(8-6-9)18-14(17)11-3-1-2-4-12(11)16;8-7(10)5-1-3-6(9)4-2-5;3*8-6-4-2-1-3-5(6)7(9)10;3*1-6(2,3)9-5(8)7-4;2-1-3;2*1-2;;1-5(2,3)4/h4-11H,1-3H3,(H2,19,23);1-8,16H,(H2,15,19);1-4,9H,(H2,8,10);3*1-4,8H,(H,9,10);3*1-4H3,(H,7,8);1H2;2*2H2,1H3;1H4;(H2,1,2,3,4). The summed E-state index contributed by atoms with van der Waals surface area (Å²) in [4.78, 5) is 87.4. The molecule has 3 amide bonds. The SMILES string of the molecule is C.CC(C)(C)Oc1ccccc1C(=O)Oc1ccc(C(N)=S)cc1.CN.CN.CNC(=O)OC(C)(C)C.CNC(=O)OC(C)(C)C.CNC(=O)OC(C)(C)C.ClCCl.NC(=S)c1ccc(O)cc1.NC(=S)c1ccc(OC(=O)c2ccccc2O)cc1.O=C(O)c1ccccc1O.O=C(O)c1ccccc1O.O=C(O)c1ccccc1O.O=S(=O)(O)O. The molecule has 0 aliphatic heterocycles. The van der Waals surface area contributed by atoms with Crippen LogP contribution in [0.15, 0.2) is 194 Å². The molecule has 0 unspecified atom stereocenters. The van der Waals surface area contributed by atoms with Gasteiger partial charge < -0.3 is 114 Å². The molecule has 122 heavy (non-hydrogen) atoms. The summed E-state index contributed by atoms with van der Waals surface area (Å²) in [5.41, 5.74) is 26.2. The monoisotopic (exact) mass is 1820 g/mol. The molecule has 0 aliphatic rings. The number of ether oxygens (including phenoxy) is 6. The van der Waals surface area contributed by atoms with Crippen molar-refractivity contribution in [2.24, 2.45) is 28.7 Å². The van der Waals surface area contributed by atoms with E-state index in [1.54, 1.807) is 140 Å². The van der Waals surface area contributed by atoms with Crippen LogP contribution in [0.5, 0.6) is 46.0 Å². The summed E-state index contributed by atoms with van der Waals surface area (Å²) in [5, 5.41) is 77.6. The Bertz CT molecular complexity index is 4400. The Kier molecular flexibility index (Phi) is 63.0. The minimum atomic E-state index is -4.67. The van der Waals surface area contributed by atoms with Crippen LogP contribution in [0.1, 0.15) is 159 Å². The van der Waals surface area contributed by atoms with E-state index in [1.807, 2.05) is 89.2 Å². The maximum absolute atomic E-state index is 12.4. The molecular weight excluding hydrogens is 1710 g/mol. The second-order valence-electron chi connectivity index (χ2n) is 26.0. The van der Waals surface area contributed by atoms with E-state index in [9.17, 15) is 43.5 Å². The first kappa shape index (κ1) is 121. The van der Waals surface area contributed by atoms with Gasteiger partial charge in [-0.2, -0.15) is 8.42 Å². The number of rotatable bonds is 11. The predicted octanol–water partition coefficient (Wildman–Crippen LogP) is 14.2. The molecule has 0 heterocycles. The molecule has 34 nitrogen and oxygen atoms in total. The first-order valence-corrected chi connectivity index (χ1v) is 38.3. The quantitative estimate of drug-likeness (QED) is 0.0143. The lowest BCUT2D eigenvalue weighted by atomic mass is 10.1. The Morgan fingerprint density at radius 1 is 0.369 bits per heavy atom. The van der Waals surface area contributed by atoms with Gasteiger partial charge in [-0.25, -0.2) is 38.4 Å². The number of hydrogen-bond acceptors (Lipinski definition) is 26. The summed E-state index contributed by atoms with van der Waals surface area (Å²) in [6, 6.07) is 50.3. The number of esters is 2. The summed E-state index contributed by atoms with van der Waals surface area (Å²) in [5.74, 6) is -3.67. The number of carbonyl (C=O) groups is 8. The Labute approximate surface area is 736 Å². The molecule has 8 aromatic rings. The van der Waals surface area contributed by atoms with Gasteiger partial charge in [-0.1, -0.05) is 105 Å². The second kappa shape index (κ2) is 63.7. The summed E-state index contributed by atoms with van der Waals surface area (Å²) >= 11 is 23.9. The van der Waals surface area contributed by atoms with E-state index in [4.69, 9.17) is 159 Å². The number of benzene rings is 8. The minimum Gasteiger partial charge on any atom is -0.508 e. The van der Waals surface area contributed by atoms with Gasteiger partial charge in [0.25, 0.3) is 0 Å². The van der Waals surface area contributed by atoms with Gasteiger partial charge in [-0.05, 0) is 231 Å². The van der Waals surface area contributed by atoms with Crippen LogP contribution in [0.25, 0.3) is 0 Å². The number of amides is 3. The lowest BCUT2D eigenvalue weighted by Gasteiger charge is -2.22. The highest BCUT2D eigenvalue weighted by Crippen LogP contribution is 2.26. The molecule has 23 N–H and O–H groups in total. The highest BCUT2D eigenvalue weighted by atomic mass is 35.5. The van der Waals surface area contributed by atoms with E-state index >= 15 is 0 Å². The smallest absolute Gasteiger partial charge is 0.407 e. The number of aromatic carboxylic acids is 3. The molecular formula is C82H112Cl2N8O26S4. The molecule has 0 spiro atoms. The molecule has 0 fully saturated rings. The number of phenolic OH excluding ortho intramolecular Hbond substituents is 2. The van der Waals surface area contributed by atoms with E-state index in [0.29, 0.717) is 38.4 Å². The van der Waals surface area contributed by atoms with Crippen LogP contribution in [0, 0.1) is 0 Å². The Balaban J connectivity index is -0.000000311. The van der Waals surface area contributed by atoms with E-state index in [2.05, 4.69) is 27.4 Å². The number of alkyl halides is 2. The molecule has 0 saturated carbocycles. The number of alkyl carbamates (subject to hydrolysis) is 3. The van der Waals surface area contributed by atoms with Crippen LogP contribution in [0.2, 0.25) is 0 Å². The number of phenols is 5. The van der Waals surface area contributed by atoms with Gasteiger partial charge >= 0.3 is 58.5 Å². The predicted molar refractivity (Wildman–Crippen MR) is 482 cm³/mol. The number of thiocarbonyl (C=S) groups is 3. The molecule has 0 radical (unpaired) electrons. The van der Waals surface area contributed by atoms with E-state index in [-0.39, 0.29) is 104 Å². The number of para-hydroxylation sites is 5. The van der Waals surface area contributed by atoms with Crippen molar-refractivity contribution in [1.29, 1.82) is 0 Å². The molecule has 0 aliphatic carbocycles. The second-order valence-corrected chi connectivity index (χ2v) is 29.0. The molecule has 0 bridgehead atoms. The fourth-order valence-electron chi connectivity index (χ4n) is 6.98. The minimum absolute atomic E-state index is 0. The van der Waals surface area contributed by atoms with Crippen molar-refractivity contribution in [3.63, 3.8) is 0 Å². The molecule has 0 aromatic heterocycles. The zero-order chi connectivity index (χ0) is 94.8. The lowest BCUT2D eigenvalue weighted by molar-refractivity contribution is 0.0530. The van der Waals surface area contributed by atoms with Crippen molar-refractivity contribution in [3.05, 3.63) is 239 Å². The summed E-state index contributed by atoms with van der Waals surface area (Å²) in [7, 11) is 2.94. The van der Waals surface area contributed by atoms with Crippen molar-refractivity contribution in [2.75, 3.05) is 40.6 Å². The number of carbonyl (C=O) groups excluding carboxylic acids is 5. The van der Waals surface area contributed by atoms with Crippen molar-refractivity contribution < 1.29 is 125 Å². The average Bonchev–Trinajstić information content (AvgIpc) is 0.801. The van der Waals surface area contributed by atoms with Crippen LogP contribution >= 0.6 is 59.9 Å². The molecule has 0 saturated heterocycles. The van der Waals surface area contributed by atoms with Gasteiger partial charge in [0.1, 0.15) is 111 Å². The highest BCUT2D eigenvalue weighted by molar-refractivity contribution is 7.81. The van der Waals surface area contributed by atoms with Crippen molar-refractivity contribution in [1.82, 2.24) is 16.0 Å². The third-order valence-corrected chi connectivity index (χ3v) is 12.4. The number of nitrogens with two attached hydrogens (primary N) is 5. The summed E-state index contributed by atoms with van der Waals surface area (Å²) in [6.07, 6.45) is -1.16. The first-order valence-electron chi connectivity index (χ1n) is 34.6. The van der Waals surface area contributed by atoms with Gasteiger partial charge in [0.15, 0.2) is 0 Å². The molecule has 8 rings (SSSR count). The van der Waals surface area contributed by atoms with Gasteiger partial charge in [0.2, 0.25) is 0 Å². The van der Waals surface area contributed by atoms with Crippen LogP contribution in [0.3, 0.4) is 0 Å². The fraction of sp³-hybridized carbons (Fsp3) is 0.280. The Morgan fingerprint density at radius 2 is 0.574 bits per heavy atom. The Hall–Kier alpha value is -12.2. The zero-order valence-corrected chi connectivity index (χ0v) is 74.2. The van der Waals surface area contributed by atoms with E-state index in [1.165, 1.54) is 83.8 Å². The number of halogens is 2. The molecule has 8 aromatic carbocycles. The van der Waals surface area contributed by atoms with Crippen molar-refractivity contribution in [2.45, 2.75) is 113 Å². The van der Waals surface area contributed by atoms with Crippen molar-refractivity contribution in [3.8, 4) is 46.0 Å². The van der Waals surface area contributed by atoms with Crippen molar-refractivity contribution >= 4 is 133 Å². The maximum atomic E-state index is 12.4. The lowest BCUT2D eigenvalue weighted by Crippen LogP contribution is -2.30. The molecule has 40 heteroatoms. The Morgan fingerprint density at radius 3 is 0.762 bits per heavy atom. The molecule has 674 valence electrons. The number of carboxylic acid groups (broad SMARTS) is 3. The summed E-state index contributed by atoms with van der Waals surface area (Å²) < 4.78 is 62.4. The number of hydrogen-bond donors (Lipinski definition) is 18. The topological polar surface area (TPSA) is 595 Å².